The molecule has 0 radical (unpaired) electrons. The highest BCUT2D eigenvalue weighted by atomic mass is 32.1. The van der Waals surface area contributed by atoms with E-state index in [4.69, 9.17) is 0 Å². The van der Waals surface area contributed by atoms with Crippen molar-refractivity contribution in [2.24, 2.45) is 0 Å². The maximum atomic E-state index is 13.9. The predicted octanol–water partition coefficient (Wildman–Crippen LogP) is 2.74. The molecule has 21 heavy (non-hydrogen) atoms. The van der Waals surface area contributed by atoms with Crippen molar-refractivity contribution in [2.75, 3.05) is 11.9 Å². The number of aryl methyl sites for hydroxylation is 1. The number of rotatable bonds is 3. The summed E-state index contributed by atoms with van der Waals surface area (Å²) in [5, 5.41) is 6.54. The second kappa shape index (κ2) is 5.91. The lowest BCUT2D eigenvalue weighted by Crippen LogP contribution is -2.22. The van der Waals surface area contributed by atoms with Gasteiger partial charge in [-0.1, -0.05) is 19.1 Å². The summed E-state index contributed by atoms with van der Waals surface area (Å²) in [6.45, 7) is 3.58. The molecule has 2 N–H and O–H groups in total. The van der Waals surface area contributed by atoms with Gasteiger partial charge in [-0.3, -0.25) is 10.1 Å². The second-order valence-electron chi connectivity index (χ2n) is 4.90. The van der Waals surface area contributed by atoms with Crippen LogP contribution in [-0.2, 0) is 19.4 Å². The summed E-state index contributed by atoms with van der Waals surface area (Å²) in [5.74, 6) is -0.918. The lowest BCUT2D eigenvalue weighted by molar-refractivity contribution is 0.102. The maximum absolute atomic E-state index is 13.9. The molecule has 2 aromatic rings. The van der Waals surface area contributed by atoms with Gasteiger partial charge in [0.1, 0.15) is 5.82 Å². The predicted molar refractivity (Wildman–Crippen MR) is 81.3 cm³/mol. The summed E-state index contributed by atoms with van der Waals surface area (Å²) in [7, 11) is 0. The van der Waals surface area contributed by atoms with Crippen molar-refractivity contribution in [2.45, 2.75) is 26.3 Å². The van der Waals surface area contributed by atoms with E-state index in [1.807, 2.05) is 6.92 Å². The molecule has 1 aliphatic heterocycles. The Kier molecular flexibility index (Phi) is 3.98. The van der Waals surface area contributed by atoms with Gasteiger partial charge >= 0.3 is 0 Å². The minimum Gasteiger partial charge on any atom is -0.311 e. The van der Waals surface area contributed by atoms with Crippen LogP contribution in [0.5, 0.6) is 0 Å². The minimum atomic E-state index is -0.491. The molecule has 1 aromatic carbocycles. The first kappa shape index (κ1) is 14.2. The van der Waals surface area contributed by atoms with Crippen molar-refractivity contribution in [3.05, 3.63) is 45.7 Å². The van der Waals surface area contributed by atoms with Crippen LogP contribution < -0.4 is 10.6 Å². The van der Waals surface area contributed by atoms with Crippen LogP contribution >= 0.6 is 11.3 Å². The van der Waals surface area contributed by atoms with Gasteiger partial charge < -0.3 is 5.32 Å². The van der Waals surface area contributed by atoms with Crippen molar-refractivity contribution in [3.8, 4) is 0 Å². The first-order valence-corrected chi connectivity index (χ1v) is 7.78. The Labute approximate surface area is 126 Å². The van der Waals surface area contributed by atoms with E-state index in [2.05, 4.69) is 15.6 Å². The maximum Gasteiger partial charge on any atom is 0.260 e. The molecular formula is C15H16FN3OS. The third kappa shape index (κ3) is 2.82. The molecule has 6 heteroatoms. The van der Waals surface area contributed by atoms with Crippen LogP contribution in [0.2, 0.25) is 0 Å². The van der Waals surface area contributed by atoms with Gasteiger partial charge in [-0.25, -0.2) is 9.37 Å². The summed E-state index contributed by atoms with van der Waals surface area (Å²) >= 11 is 1.45. The van der Waals surface area contributed by atoms with Crippen LogP contribution in [0.1, 0.15) is 33.4 Å². The number of nitrogens with one attached hydrogen (secondary N) is 2. The van der Waals surface area contributed by atoms with Crippen LogP contribution in [-0.4, -0.2) is 17.4 Å². The highest BCUT2D eigenvalue weighted by molar-refractivity contribution is 7.15. The Morgan fingerprint density at radius 3 is 3.14 bits per heavy atom. The molecule has 110 valence electrons. The number of hydrogen-bond donors (Lipinski definition) is 2. The van der Waals surface area contributed by atoms with Gasteiger partial charge in [-0.2, -0.15) is 0 Å². The van der Waals surface area contributed by atoms with E-state index < -0.39 is 11.7 Å². The van der Waals surface area contributed by atoms with E-state index in [0.29, 0.717) is 17.1 Å². The van der Waals surface area contributed by atoms with Gasteiger partial charge in [-0.05, 0) is 18.1 Å². The van der Waals surface area contributed by atoms with Crippen molar-refractivity contribution >= 4 is 22.4 Å². The van der Waals surface area contributed by atoms with Gasteiger partial charge in [0.25, 0.3) is 5.91 Å². The molecule has 0 saturated carbocycles. The van der Waals surface area contributed by atoms with Crippen LogP contribution in [0.25, 0.3) is 0 Å². The smallest absolute Gasteiger partial charge is 0.260 e. The third-order valence-electron chi connectivity index (χ3n) is 3.53. The molecular weight excluding hydrogens is 289 g/mol. The molecule has 1 aromatic heterocycles. The molecule has 0 spiro atoms. The first-order valence-electron chi connectivity index (χ1n) is 6.97. The Bertz CT molecular complexity index is 660. The van der Waals surface area contributed by atoms with Crippen LogP contribution in [0.15, 0.2) is 18.2 Å². The second-order valence-corrected chi connectivity index (χ2v) is 5.98. The van der Waals surface area contributed by atoms with Crippen molar-refractivity contribution in [1.82, 2.24) is 10.3 Å². The van der Waals surface area contributed by atoms with Crippen molar-refractivity contribution in [3.63, 3.8) is 0 Å². The number of benzene rings is 1. The molecule has 3 rings (SSSR count). The Hall–Kier alpha value is -1.79. The molecule has 2 heterocycles. The van der Waals surface area contributed by atoms with Gasteiger partial charge in [-0.15, -0.1) is 11.3 Å². The minimum absolute atomic E-state index is 0.117. The molecule has 0 saturated heterocycles. The number of anilines is 1. The zero-order valence-electron chi connectivity index (χ0n) is 11.7. The normalized spacial score (nSPS) is 13.8. The van der Waals surface area contributed by atoms with E-state index in [-0.39, 0.29) is 5.56 Å². The van der Waals surface area contributed by atoms with Gasteiger partial charge in [0.2, 0.25) is 0 Å². The molecule has 1 aliphatic rings. The van der Waals surface area contributed by atoms with E-state index in [1.165, 1.54) is 17.4 Å². The monoisotopic (exact) mass is 305 g/mol. The molecule has 4 nitrogen and oxygen atoms in total. The fourth-order valence-electron chi connectivity index (χ4n) is 2.46. The Balaban J connectivity index is 1.85. The SMILES string of the molecule is CCc1cccc(F)c1C(=O)Nc1nc2c(s1)CNCC2. The number of carbonyl (C=O) groups is 1. The number of amides is 1. The molecule has 1 amide bonds. The lowest BCUT2D eigenvalue weighted by atomic mass is 10.0. The van der Waals surface area contributed by atoms with Crippen molar-refractivity contribution in [1.29, 1.82) is 0 Å². The molecule has 0 unspecified atom stereocenters. The first-order chi connectivity index (χ1) is 10.2. The number of hydrogen-bond acceptors (Lipinski definition) is 4. The topological polar surface area (TPSA) is 54.0 Å². The average molecular weight is 305 g/mol. The number of nitrogens with zero attached hydrogens (tertiary/aromatic N) is 1. The quantitative estimate of drug-likeness (QED) is 0.917. The Morgan fingerprint density at radius 2 is 2.38 bits per heavy atom. The molecule has 0 bridgehead atoms. The fraction of sp³-hybridized carbons (Fsp3) is 0.333. The van der Waals surface area contributed by atoms with Gasteiger partial charge in [0.05, 0.1) is 11.3 Å². The van der Waals surface area contributed by atoms with Gasteiger partial charge in [0.15, 0.2) is 5.13 Å². The van der Waals surface area contributed by atoms with E-state index in [9.17, 15) is 9.18 Å². The third-order valence-corrected chi connectivity index (χ3v) is 4.54. The lowest BCUT2D eigenvalue weighted by Gasteiger charge is -2.09. The summed E-state index contributed by atoms with van der Waals surface area (Å²) < 4.78 is 13.9. The summed E-state index contributed by atoms with van der Waals surface area (Å²) in [6, 6.07) is 4.71. The highest BCUT2D eigenvalue weighted by Crippen LogP contribution is 2.26. The van der Waals surface area contributed by atoms with Crippen LogP contribution in [0.3, 0.4) is 0 Å². The molecule has 0 atom stereocenters. The molecule has 0 aliphatic carbocycles. The van der Waals surface area contributed by atoms with Gasteiger partial charge in [0, 0.05) is 24.4 Å². The fourth-order valence-corrected chi connectivity index (χ4v) is 3.43. The number of aromatic nitrogens is 1. The highest BCUT2D eigenvalue weighted by Gasteiger charge is 2.19. The summed E-state index contributed by atoms with van der Waals surface area (Å²) in [4.78, 5) is 17.9. The number of fused-ring (bicyclic) bond motifs is 1. The van der Waals surface area contributed by atoms with Crippen molar-refractivity contribution < 1.29 is 9.18 Å². The largest absolute Gasteiger partial charge is 0.311 e. The standard InChI is InChI=1S/C15H16FN3OS/c1-2-9-4-3-5-10(16)13(9)14(20)19-15-18-11-6-7-17-8-12(11)21-15/h3-5,17H,2,6-8H2,1H3,(H,18,19,20). The van der Waals surface area contributed by atoms with Crippen LogP contribution in [0.4, 0.5) is 9.52 Å². The summed E-state index contributed by atoms with van der Waals surface area (Å²) in [5.41, 5.74) is 1.85. The zero-order chi connectivity index (χ0) is 14.8. The molecule has 0 fully saturated rings. The Morgan fingerprint density at radius 1 is 1.52 bits per heavy atom. The van der Waals surface area contributed by atoms with E-state index in [0.717, 1.165) is 30.1 Å². The zero-order valence-corrected chi connectivity index (χ0v) is 12.5. The number of thiazole rings is 1. The van der Waals surface area contributed by atoms with Crippen LogP contribution in [0, 0.1) is 5.82 Å². The summed E-state index contributed by atoms with van der Waals surface area (Å²) in [6.07, 6.45) is 1.47. The van der Waals surface area contributed by atoms with E-state index >= 15 is 0 Å². The number of halogens is 1. The number of carbonyl (C=O) groups excluding carboxylic acids is 1. The van der Waals surface area contributed by atoms with E-state index in [1.54, 1.807) is 12.1 Å². The average Bonchev–Trinajstić information content (AvgIpc) is 2.88.